The number of hydrogen-bond acceptors (Lipinski definition) is 9. The van der Waals surface area contributed by atoms with E-state index in [4.69, 9.17) is 24.2 Å². The number of aliphatic hydroxyl groups excluding tert-OH is 2. The van der Waals surface area contributed by atoms with Crippen molar-refractivity contribution in [2.45, 2.75) is 76.2 Å². The van der Waals surface area contributed by atoms with Crippen molar-refractivity contribution >= 4 is 11.8 Å². The van der Waals surface area contributed by atoms with Gasteiger partial charge in [-0.3, -0.25) is 0 Å². The van der Waals surface area contributed by atoms with Crippen LogP contribution < -0.4 is 4.74 Å². The van der Waals surface area contributed by atoms with Gasteiger partial charge >= 0.3 is 6.09 Å². The van der Waals surface area contributed by atoms with Crippen molar-refractivity contribution in [1.82, 2.24) is 4.90 Å². The maximum Gasteiger partial charge on any atom is 0.409 e. The zero-order valence-electron chi connectivity index (χ0n) is 28.1. The number of oxime groups is 1. The molecule has 10 nitrogen and oxygen atoms in total. The summed E-state index contributed by atoms with van der Waals surface area (Å²) < 4.78 is 19.2. The Labute approximate surface area is 283 Å². The Morgan fingerprint density at radius 2 is 1.85 bits per heavy atom. The van der Waals surface area contributed by atoms with Crippen LogP contribution in [-0.4, -0.2) is 77.3 Å². The van der Waals surface area contributed by atoms with E-state index < -0.39 is 23.8 Å². The van der Waals surface area contributed by atoms with Gasteiger partial charge in [-0.25, -0.2) is 4.79 Å². The molecule has 2 aliphatic carbocycles. The number of unbranched alkanes of at least 4 members (excludes halogenated alkanes) is 2. The van der Waals surface area contributed by atoms with Gasteiger partial charge in [0.25, 0.3) is 0 Å². The Morgan fingerprint density at radius 3 is 2.56 bits per heavy atom. The molecular weight excluding hydrogens is 612 g/mol. The summed E-state index contributed by atoms with van der Waals surface area (Å²) in [6.45, 7) is 6.57. The molecule has 1 fully saturated rings. The van der Waals surface area contributed by atoms with Crippen molar-refractivity contribution in [3.63, 3.8) is 0 Å². The van der Waals surface area contributed by atoms with Crippen molar-refractivity contribution in [1.29, 1.82) is 0 Å². The number of phenols is 1. The number of nitrogens with zero attached hydrogens (tertiary/aromatic N) is 2. The lowest BCUT2D eigenvalue weighted by molar-refractivity contribution is -0.253. The normalized spacial score (nSPS) is 26.5. The van der Waals surface area contributed by atoms with Crippen LogP contribution in [-0.2, 0) is 20.9 Å². The number of benzene rings is 2. The summed E-state index contributed by atoms with van der Waals surface area (Å²) in [5.41, 5.74) is 3.49. The van der Waals surface area contributed by atoms with Crippen LogP contribution in [0.15, 0.2) is 78.0 Å². The van der Waals surface area contributed by atoms with Gasteiger partial charge < -0.3 is 39.3 Å². The molecule has 0 spiro atoms. The number of likely N-dealkylation sites (N-methyl/N-ethyl adjacent to an activating group) is 1. The van der Waals surface area contributed by atoms with Crippen molar-refractivity contribution < 1.29 is 39.2 Å². The van der Waals surface area contributed by atoms with Crippen LogP contribution in [0.4, 0.5) is 4.79 Å². The highest BCUT2D eigenvalue weighted by molar-refractivity contribution is 6.02. The van der Waals surface area contributed by atoms with E-state index in [1.165, 1.54) is 0 Å². The summed E-state index contributed by atoms with van der Waals surface area (Å²) in [5.74, 6) is -1.07. The van der Waals surface area contributed by atoms with E-state index in [0.29, 0.717) is 24.3 Å². The first-order chi connectivity index (χ1) is 23.4. The van der Waals surface area contributed by atoms with Gasteiger partial charge in [0, 0.05) is 38.2 Å². The molecule has 3 N–H and O–H groups in total. The number of aromatic hydroxyl groups is 1. The van der Waals surface area contributed by atoms with Gasteiger partial charge in [0.1, 0.15) is 24.1 Å². The molecule has 6 unspecified atom stereocenters. The number of allylic oxidation sites excluding steroid dienone is 1. The lowest BCUT2D eigenvalue weighted by Crippen LogP contribution is -2.69. The predicted molar refractivity (Wildman–Crippen MR) is 183 cm³/mol. The van der Waals surface area contributed by atoms with E-state index in [0.717, 1.165) is 42.4 Å². The molecule has 2 aromatic carbocycles. The second-order valence-corrected chi connectivity index (χ2v) is 12.9. The zero-order chi connectivity index (χ0) is 34.1. The molecule has 1 saturated carbocycles. The summed E-state index contributed by atoms with van der Waals surface area (Å²) in [4.78, 5) is 21.0. The molecular formula is C38H50N2O8. The zero-order valence-corrected chi connectivity index (χ0v) is 28.1. The van der Waals surface area contributed by atoms with E-state index in [1.54, 1.807) is 43.1 Å². The van der Waals surface area contributed by atoms with Gasteiger partial charge in [-0.2, -0.15) is 0 Å². The van der Waals surface area contributed by atoms with Crippen LogP contribution in [0.5, 0.6) is 11.5 Å². The number of rotatable bonds is 16. The lowest BCUT2D eigenvalue weighted by atomic mass is 9.55. The SMILES string of the molecule is C=CCOC12Oc3ccc(O)cc3C3C(CCCCO)C(CCCCO)C=C(C(=NOCc4ccccc4)CC1N(C)C(=O)OCC)C32. The van der Waals surface area contributed by atoms with Crippen molar-refractivity contribution in [2.75, 3.05) is 33.5 Å². The number of hydrogen-bond donors (Lipinski definition) is 3. The Balaban J connectivity index is 1.71. The number of carbonyl (C=O) groups excluding carboxylic acids is 1. The molecule has 0 radical (unpaired) electrons. The first kappa shape index (κ1) is 35.4. The number of phenolic OH excluding ortho intramolecular Hbond substituents is 1. The van der Waals surface area contributed by atoms with Gasteiger partial charge in [0.15, 0.2) is 0 Å². The second-order valence-electron chi connectivity index (χ2n) is 12.9. The van der Waals surface area contributed by atoms with E-state index in [2.05, 4.69) is 12.7 Å². The van der Waals surface area contributed by atoms with Crippen molar-refractivity contribution in [2.24, 2.45) is 22.9 Å². The highest BCUT2D eigenvalue weighted by Gasteiger charge is 2.65. The fourth-order valence-corrected chi connectivity index (χ4v) is 7.85. The molecule has 0 aromatic heterocycles. The van der Waals surface area contributed by atoms with Gasteiger partial charge in [-0.1, -0.05) is 60.5 Å². The van der Waals surface area contributed by atoms with E-state index in [1.807, 2.05) is 30.3 Å². The Morgan fingerprint density at radius 1 is 1.10 bits per heavy atom. The van der Waals surface area contributed by atoms with Crippen LogP contribution in [0.25, 0.3) is 0 Å². The van der Waals surface area contributed by atoms with Crippen molar-refractivity contribution in [3.05, 3.63) is 84.0 Å². The summed E-state index contributed by atoms with van der Waals surface area (Å²) in [6, 6.07) is 14.3. The third kappa shape index (κ3) is 7.41. The average Bonchev–Trinajstić information content (AvgIpc) is 3.09. The lowest BCUT2D eigenvalue weighted by Gasteiger charge is -2.59. The number of carbonyl (C=O) groups is 1. The van der Waals surface area contributed by atoms with Crippen LogP contribution in [0.3, 0.4) is 0 Å². The molecule has 5 rings (SSSR count). The van der Waals surface area contributed by atoms with Crippen LogP contribution in [0.1, 0.15) is 68.9 Å². The van der Waals surface area contributed by atoms with E-state index in [9.17, 15) is 20.1 Å². The van der Waals surface area contributed by atoms with Gasteiger partial charge in [-0.05, 0) is 73.8 Å². The van der Waals surface area contributed by atoms with E-state index >= 15 is 0 Å². The molecule has 1 amide bonds. The molecule has 260 valence electrons. The molecule has 0 bridgehead atoms. The number of amides is 1. The first-order valence-corrected chi connectivity index (χ1v) is 17.2. The smallest absolute Gasteiger partial charge is 0.409 e. The summed E-state index contributed by atoms with van der Waals surface area (Å²) in [6.07, 6.45) is 8.41. The number of fused-ring (bicyclic) bond motifs is 2. The quantitative estimate of drug-likeness (QED) is 0.108. The van der Waals surface area contributed by atoms with Crippen molar-refractivity contribution in [3.8, 4) is 11.5 Å². The molecule has 6 atom stereocenters. The molecule has 1 aliphatic heterocycles. The third-order valence-corrected chi connectivity index (χ3v) is 9.93. The molecule has 10 heteroatoms. The topological polar surface area (TPSA) is 130 Å². The molecule has 1 heterocycles. The van der Waals surface area contributed by atoms with Gasteiger partial charge in [-0.15, -0.1) is 6.58 Å². The minimum atomic E-state index is -1.35. The third-order valence-electron chi connectivity index (χ3n) is 9.93. The second kappa shape index (κ2) is 16.5. The van der Waals surface area contributed by atoms with Crippen LogP contribution >= 0.6 is 0 Å². The molecule has 48 heavy (non-hydrogen) atoms. The predicted octanol–water partition coefficient (Wildman–Crippen LogP) is 6.31. The summed E-state index contributed by atoms with van der Waals surface area (Å²) in [7, 11) is 1.70. The van der Waals surface area contributed by atoms with Gasteiger partial charge in [0.2, 0.25) is 5.79 Å². The van der Waals surface area contributed by atoms with Crippen LogP contribution in [0.2, 0.25) is 0 Å². The standard InChI is InChI=1S/C38H50N2O8/c1-4-21-46-38-34(40(3)37(44)45-5-2)24-32(39-47-25-26-13-7-6-8-14-26)30-22-27(15-9-11-19-41)29(16-10-12-20-42)35(36(30)38)31-23-28(43)17-18-33(31)48-38/h4,6-8,13-14,17-18,22-23,27,29,34-36,41-43H,1,5,9-12,15-16,19-21,24-25H2,2-3H3. The average molecular weight is 663 g/mol. The maximum absolute atomic E-state index is 13.4. The Bertz CT molecular complexity index is 1450. The highest BCUT2D eigenvalue weighted by Crippen LogP contribution is 2.61. The number of ether oxygens (including phenoxy) is 3. The fraction of sp³-hybridized carbons (Fsp3) is 0.526. The molecule has 2 aromatic rings. The summed E-state index contributed by atoms with van der Waals surface area (Å²) in [5, 5.41) is 34.9. The highest BCUT2D eigenvalue weighted by atomic mass is 16.7. The molecule has 3 aliphatic rings. The minimum Gasteiger partial charge on any atom is -0.508 e. The minimum absolute atomic E-state index is 0.0817. The largest absolute Gasteiger partial charge is 0.508 e. The Hall–Kier alpha value is -3.86. The maximum atomic E-state index is 13.4. The van der Waals surface area contributed by atoms with Gasteiger partial charge in [0.05, 0.1) is 24.8 Å². The van der Waals surface area contributed by atoms with E-state index in [-0.39, 0.29) is 63.0 Å². The molecule has 0 saturated heterocycles. The first-order valence-electron chi connectivity index (χ1n) is 17.2. The number of aliphatic hydroxyl groups is 2. The van der Waals surface area contributed by atoms with Crippen LogP contribution in [0, 0.1) is 17.8 Å². The Kier molecular flexibility index (Phi) is 12.2. The summed E-state index contributed by atoms with van der Waals surface area (Å²) >= 11 is 0. The monoisotopic (exact) mass is 662 g/mol. The fourth-order valence-electron chi connectivity index (χ4n) is 7.85.